The Bertz CT molecular complexity index is 648. The fourth-order valence-corrected chi connectivity index (χ4v) is 2.47. The summed E-state index contributed by atoms with van der Waals surface area (Å²) >= 11 is 0. The van der Waals surface area contributed by atoms with Gasteiger partial charge < -0.3 is 15.8 Å². The van der Waals surface area contributed by atoms with Gasteiger partial charge in [-0.1, -0.05) is 50.2 Å². The maximum atomic E-state index is 12.2. The van der Waals surface area contributed by atoms with Crippen LogP contribution in [0.5, 0.6) is 0 Å². The number of hydrogen-bond donors (Lipinski definition) is 2. The molecule has 4 nitrogen and oxygen atoms in total. The van der Waals surface area contributed by atoms with Crippen LogP contribution in [0.3, 0.4) is 0 Å². The molecule has 1 amide bonds. The Morgan fingerprint density at radius 3 is 2.17 bits per heavy atom. The van der Waals surface area contributed by atoms with Crippen LogP contribution in [0.4, 0.5) is 0 Å². The summed E-state index contributed by atoms with van der Waals surface area (Å²) in [5.41, 5.74) is 10.1. The molecule has 0 spiro atoms. The van der Waals surface area contributed by atoms with E-state index in [9.17, 15) is 4.79 Å². The predicted molar refractivity (Wildman–Crippen MR) is 96.9 cm³/mol. The number of amides is 1. The first kappa shape index (κ1) is 18.2. The SMILES string of the molecule is COCc1ccc(C(=O)NCC(N)c2ccc(C(C)C)cc2)cc1. The molecule has 0 heterocycles. The summed E-state index contributed by atoms with van der Waals surface area (Å²) in [4.78, 5) is 12.2. The highest BCUT2D eigenvalue weighted by Crippen LogP contribution is 2.17. The smallest absolute Gasteiger partial charge is 0.251 e. The normalized spacial score (nSPS) is 12.2. The van der Waals surface area contributed by atoms with Crippen molar-refractivity contribution in [1.29, 1.82) is 0 Å². The van der Waals surface area contributed by atoms with Gasteiger partial charge in [0.15, 0.2) is 0 Å². The zero-order valence-electron chi connectivity index (χ0n) is 14.6. The summed E-state index contributed by atoms with van der Waals surface area (Å²) in [6.45, 7) is 5.26. The number of nitrogens with one attached hydrogen (secondary N) is 1. The average Bonchev–Trinajstić information content (AvgIpc) is 2.60. The fourth-order valence-electron chi connectivity index (χ4n) is 2.47. The van der Waals surface area contributed by atoms with Crippen molar-refractivity contribution in [2.24, 2.45) is 5.73 Å². The second-order valence-electron chi connectivity index (χ2n) is 6.27. The summed E-state index contributed by atoms with van der Waals surface area (Å²) in [6, 6.07) is 15.4. The maximum Gasteiger partial charge on any atom is 0.251 e. The third-order valence-corrected chi connectivity index (χ3v) is 4.04. The quantitative estimate of drug-likeness (QED) is 0.820. The number of methoxy groups -OCH3 is 1. The first-order valence-electron chi connectivity index (χ1n) is 8.22. The molecule has 2 aromatic rings. The first-order chi connectivity index (χ1) is 11.5. The molecule has 0 saturated carbocycles. The Morgan fingerprint density at radius 1 is 1.04 bits per heavy atom. The van der Waals surface area contributed by atoms with Gasteiger partial charge in [0, 0.05) is 25.3 Å². The lowest BCUT2D eigenvalue weighted by Gasteiger charge is -2.15. The van der Waals surface area contributed by atoms with E-state index in [1.807, 2.05) is 24.3 Å². The Labute approximate surface area is 144 Å². The summed E-state index contributed by atoms with van der Waals surface area (Å²) in [5, 5.41) is 2.89. The van der Waals surface area contributed by atoms with Gasteiger partial charge in [0.2, 0.25) is 0 Å². The summed E-state index contributed by atoms with van der Waals surface area (Å²) in [6.07, 6.45) is 0. The molecule has 0 saturated heterocycles. The van der Waals surface area contributed by atoms with Crippen LogP contribution in [0, 0.1) is 0 Å². The van der Waals surface area contributed by atoms with Crippen molar-refractivity contribution in [1.82, 2.24) is 5.32 Å². The molecule has 3 N–H and O–H groups in total. The van der Waals surface area contributed by atoms with Crippen LogP contribution in [-0.2, 0) is 11.3 Å². The van der Waals surface area contributed by atoms with Crippen molar-refractivity contribution in [3.8, 4) is 0 Å². The molecule has 1 unspecified atom stereocenters. The van der Waals surface area contributed by atoms with Crippen molar-refractivity contribution in [3.05, 3.63) is 70.8 Å². The molecular formula is C20H26N2O2. The van der Waals surface area contributed by atoms with E-state index in [4.69, 9.17) is 10.5 Å². The molecule has 0 fully saturated rings. The van der Waals surface area contributed by atoms with Gasteiger partial charge >= 0.3 is 0 Å². The number of carbonyl (C=O) groups is 1. The van der Waals surface area contributed by atoms with Gasteiger partial charge in [-0.25, -0.2) is 0 Å². The van der Waals surface area contributed by atoms with Gasteiger partial charge in [0.25, 0.3) is 5.91 Å². The van der Waals surface area contributed by atoms with E-state index in [2.05, 4.69) is 31.3 Å². The van der Waals surface area contributed by atoms with E-state index in [-0.39, 0.29) is 11.9 Å². The largest absolute Gasteiger partial charge is 0.380 e. The van der Waals surface area contributed by atoms with Gasteiger partial charge in [-0.05, 0) is 34.7 Å². The van der Waals surface area contributed by atoms with Crippen LogP contribution >= 0.6 is 0 Å². The van der Waals surface area contributed by atoms with Crippen molar-refractivity contribution >= 4 is 5.91 Å². The van der Waals surface area contributed by atoms with Crippen molar-refractivity contribution in [2.75, 3.05) is 13.7 Å². The van der Waals surface area contributed by atoms with Crippen molar-refractivity contribution in [2.45, 2.75) is 32.4 Å². The van der Waals surface area contributed by atoms with Crippen LogP contribution in [0.15, 0.2) is 48.5 Å². The molecule has 1 atom stereocenters. The Kier molecular flexibility index (Phi) is 6.53. The van der Waals surface area contributed by atoms with Crippen LogP contribution in [-0.4, -0.2) is 19.6 Å². The Balaban J connectivity index is 1.90. The van der Waals surface area contributed by atoms with Gasteiger partial charge in [-0.2, -0.15) is 0 Å². The second-order valence-corrected chi connectivity index (χ2v) is 6.27. The van der Waals surface area contributed by atoms with E-state index in [1.165, 1.54) is 5.56 Å². The first-order valence-corrected chi connectivity index (χ1v) is 8.22. The third-order valence-electron chi connectivity index (χ3n) is 4.04. The summed E-state index contributed by atoms with van der Waals surface area (Å²) in [7, 11) is 1.65. The molecule has 128 valence electrons. The van der Waals surface area contributed by atoms with E-state index in [0.717, 1.165) is 11.1 Å². The number of carbonyl (C=O) groups excluding carboxylic acids is 1. The molecule has 2 aromatic carbocycles. The number of benzene rings is 2. The molecule has 2 rings (SSSR count). The molecule has 0 bridgehead atoms. The number of nitrogens with two attached hydrogens (primary N) is 1. The molecular weight excluding hydrogens is 300 g/mol. The van der Waals surface area contributed by atoms with Crippen LogP contribution in [0.1, 0.15) is 52.9 Å². The van der Waals surface area contributed by atoms with Crippen molar-refractivity contribution < 1.29 is 9.53 Å². The highest BCUT2D eigenvalue weighted by Gasteiger charge is 2.10. The summed E-state index contributed by atoms with van der Waals surface area (Å²) in [5.74, 6) is 0.379. The second kappa shape index (κ2) is 8.62. The monoisotopic (exact) mass is 326 g/mol. The minimum absolute atomic E-state index is 0.117. The van der Waals surface area contributed by atoms with Crippen LogP contribution < -0.4 is 11.1 Å². The van der Waals surface area contributed by atoms with Gasteiger partial charge in [-0.3, -0.25) is 4.79 Å². The topological polar surface area (TPSA) is 64.3 Å². The standard InChI is InChI=1S/C20H26N2O2/c1-14(2)16-8-10-17(11-9-16)19(21)12-22-20(23)18-6-4-15(5-7-18)13-24-3/h4-11,14,19H,12-13,21H2,1-3H3,(H,22,23). The zero-order chi connectivity index (χ0) is 17.5. The third kappa shape index (κ3) is 4.91. The lowest BCUT2D eigenvalue weighted by Crippen LogP contribution is -2.31. The predicted octanol–water partition coefficient (Wildman–Crippen LogP) is 3.39. The van der Waals surface area contributed by atoms with Gasteiger partial charge in [0.05, 0.1) is 6.61 Å². The molecule has 0 aliphatic heterocycles. The molecule has 0 aromatic heterocycles. The minimum Gasteiger partial charge on any atom is -0.380 e. The average molecular weight is 326 g/mol. The Morgan fingerprint density at radius 2 is 1.62 bits per heavy atom. The number of ether oxygens (including phenoxy) is 1. The molecule has 0 aliphatic rings. The number of rotatable bonds is 7. The zero-order valence-corrected chi connectivity index (χ0v) is 14.6. The van der Waals surface area contributed by atoms with E-state index >= 15 is 0 Å². The molecule has 0 aliphatic carbocycles. The highest BCUT2D eigenvalue weighted by molar-refractivity contribution is 5.94. The maximum absolute atomic E-state index is 12.2. The van der Waals surface area contributed by atoms with E-state index < -0.39 is 0 Å². The molecule has 24 heavy (non-hydrogen) atoms. The number of hydrogen-bond acceptors (Lipinski definition) is 3. The van der Waals surface area contributed by atoms with Gasteiger partial charge in [-0.15, -0.1) is 0 Å². The van der Waals surface area contributed by atoms with Crippen LogP contribution in [0.25, 0.3) is 0 Å². The van der Waals surface area contributed by atoms with Crippen LogP contribution in [0.2, 0.25) is 0 Å². The van der Waals surface area contributed by atoms with Gasteiger partial charge in [0.1, 0.15) is 0 Å². The van der Waals surface area contributed by atoms with E-state index in [1.54, 1.807) is 19.2 Å². The summed E-state index contributed by atoms with van der Waals surface area (Å²) < 4.78 is 5.06. The lowest BCUT2D eigenvalue weighted by atomic mass is 9.99. The fraction of sp³-hybridized carbons (Fsp3) is 0.350. The highest BCUT2D eigenvalue weighted by atomic mass is 16.5. The Hall–Kier alpha value is -2.17. The molecule has 0 radical (unpaired) electrons. The van der Waals surface area contributed by atoms with Crippen molar-refractivity contribution in [3.63, 3.8) is 0 Å². The van der Waals surface area contributed by atoms with E-state index in [0.29, 0.717) is 24.6 Å². The lowest BCUT2D eigenvalue weighted by molar-refractivity contribution is 0.0951. The minimum atomic E-state index is -0.220. The molecule has 4 heteroatoms.